The van der Waals surface area contributed by atoms with Gasteiger partial charge in [0, 0.05) is 11.3 Å². The number of hydrogen-bond acceptors (Lipinski definition) is 2. The molecule has 0 amide bonds. The summed E-state index contributed by atoms with van der Waals surface area (Å²) in [6.07, 6.45) is 15.8. The van der Waals surface area contributed by atoms with Crippen LogP contribution >= 0.6 is 11.8 Å². The van der Waals surface area contributed by atoms with Gasteiger partial charge in [-0.25, -0.2) is 0 Å². The molecule has 18 heavy (non-hydrogen) atoms. The molecule has 2 unspecified atom stereocenters. The quantitative estimate of drug-likeness (QED) is 0.531. The van der Waals surface area contributed by atoms with Crippen LogP contribution in [0.3, 0.4) is 0 Å². The van der Waals surface area contributed by atoms with Gasteiger partial charge in [0.15, 0.2) is 0 Å². The molecule has 0 radical (unpaired) electrons. The van der Waals surface area contributed by atoms with Gasteiger partial charge >= 0.3 is 0 Å². The molecule has 1 saturated heterocycles. The van der Waals surface area contributed by atoms with Gasteiger partial charge in [-0.15, -0.1) is 0 Å². The zero-order chi connectivity index (χ0) is 13.1. The summed E-state index contributed by atoms with van der Waals surface area (Å²) in [7, 11) is 2.15. The minimum atomic E-state index is 0.776. The average Bonchev–Trinajstić information content (AvgIpc) is 2.91. The van der Waals surface area contributed by atoms with Gasteiger partial charge in [0.1, 0.15) is 0 Å². The molecule has 0 saturated carbocycles. The lowest BCUT2D eigenvalue weighted by Gasteiger charge is -2.22. The molecule has 108 valence electrons. The van der Waals surface area contributed by atoms with Crippen LogP contribution in [0, 0.1) is 0 Å². The normalized spacial score (nSPS) is 21.3. The van der Waals surface area contributed by atoms with E-state index in [-0.39, 0.29) is 0 Å². The smallest absolute Gasteiger partial charge is 0.0201 e. The monoisotopic (exact) mass is 271 g/mol. The van der Waals surface area contributed by atoms with E-state index < -0.39 is 0 Å². The van der Waals surface area contributed by atoms with Crippen molar-refractivity contribution in [2.24, 2.45) is 0 Å². The zero-order valence-electron chi connectivity index (χ0n) is 12.5. The fourth-order valence-electron chi connectivity index (χ4n) is 2.93. The lowest BCUT2D eigenvalue weighted by molar-refractivity contribution is 0.461. The van der Waals surface area contributed by atoms with Crippen molar-refractivity contribution >= 4 is 11.8 Å². The van der Waals surface area contributed by atoms with Gasteiger partial charge in [-0.2, -0.15) is 11.8 Å². The number of nitrogens with one attached hydrogen (secondary N) is 1. The molecule has 0 bridgehead atoms. The summed E-state index contributed by atoms with van der Waals surface area (Å²) in [6, 6.07) is 0.776. The zero-order valence-corrected chi connectivity index (χ0v) is 13.4. The predicted molar refractivity (Wildman–Crippen MR) is 85.6 cm³/mol. The average molecular weight is 272 g/mol. The molecule has 2 atom stereocenters. The molecular formula is C16H33NS. The number of rotatable bonds is 11. The van der Waals surface area contributed by atoms with Gasteiger partial charge in [-0.3, -0.25) is 0 Å². The van der Waals surface area contributed by atoms with Gasteiger partial charge in [-0.1, -0.05) is 58.3 Å². The summed E-state index contributed by atoms with van der Waals surface area (Å²) in [5, 5.41) is 4.44. The second kappa shape index (κ2) is 11.2. The standard InChI is InChI=1S/C16H33NS/c1-3-4-5-6-7-8-9-10-12-15(17-2)16-13-11-14-18-16/h15-17H,3-14H2,1-2H3. The molecule has 1 aliphatic heterocycles. The van der Waals surface area contributed by atoms with Gasteiger partial charge in [0.05, 0.1) is 0 Å². The molecule has 1 heterocycles. The van der Waals surface area contributed by atoms with Crippen molar-refractivity contribution < 1.29 is 0 Å². The molecule has 1 fully saturated rings. The van der Waals surface area contributed by atoms with Crippen molar-refractivity contribution in [2.45, 2.75) is 88.8 Å². The van der Waals surface area contributed by atoms with Crippen LogP contribution in [-0.2, 0) is 0 Å². The van der Waals surface area contributed by atoms with Crippen LogP contribution in [0.25, 0.3) is 0 Å². The Kier molecular flexibility index (Phi) is 10.1. The van der Waals surface area contributed by atoms with E-state index >= 15 is 0 Å². The Morgan fingerprint density at radius 2 is 1.72 bits per heavy atom. The van der Waals surface area contributed by atoms with Crippen LogP contribution in [0.2, 0.25) is 0 Å². The topological polar surface area (TPSA) is 12.0 Å². The maximum atomic E-state index is 3.54. The molecule has 1 rings (SSSR count). The Morgan fingerprint density at radius 1 is 1.06 bits per heavy atom. The summed E-state index contributed by atoms with van der Waals surface area (Å²) >= 11 is 2.19. The van der Waals surface area contributed by atoms with Crippen molar-refractivity contribution in [3.63, 3.8) is 0 Å². The Bertz CT molecular complexity index is 178. The highest BCUT2D eigenvalue weighted by Gasteiger charge is 2.23. The van der Waals surface area contributed by atoms with Crippen molar-refractivity contribution in [1.82, 2.24) is 5.32 Å². The number of thioether (sulfide) groups is 1. The highest BCUT2D eigenvalue weighted by molar-refractivity contribution is 8.00. The first-order valence-corrected chi connectivity index (χ1v) is 9.22. The molecule has 0 aromatic heterocycles. The van der Waals surface area contributed by atoms with Crippen LogP contribution in [-0.4, -0.2) is 24.1 Å². The Balaban J connectivity index is 1.92. The van der Waals surface area contributed by atoms with Gasteiger partial charge in [-0.05, 0) is 32.1 Å². The molecule has 2 heteroatoms. The summed E-state index contributed by atoms with van der Waals surface area (Å²) in [4.78, 5) is 0. The third-order valence-corrected chi connectivity index (χ3v) is 5.67. The summed E-state index contributed by atoms with van der Waals surface area (Å²) < 4.78 is 0. The highest BCUT2D eigenvalue weighted by Crippen LogP contribution is 2.30. The molecule has 0 aliphatic carbocycles. The maximum Gasteiger partial charge on any atom is 0.0201 e. The second-order valence-electron chi connectivity index (χ2n) is 5.71. The minimum absolute atomic E-state index is 0.776. The largest absolute Gasteiger partial charge is 0.316 e. The number of unbranched alkanes of at least 4 members (excludes halogenated alkanes) is 7. The number of hydrogen-bond donors (Lipinski definition) is 1. The molecule has 0 aromatic rings. The summed E-state index contributed by atoms with van der Waals surface area (Å²) in [6.45, 7) is 2.29. The molecule has 0 aromatic carbocycles. The predicted octanol–water partition coefficient (Wildman–Crippen LogP) is 5.00. The van der Waals surface area contributed by atoms with E-state index in [0.29, 0.717) is 0 Å². The third-order valence-electron chi connectivity index (χ3n) is 4.15. The van der Waals surface area contributed by atoms with Crippen molar-refractivity contribution in [1.29, 1.82) is 0 Å². The van der Waals surface area contributed by atoms with Crippen LogP contribution in [0.1, 0.15) is 77.6 Å². The highest BCUT2D eigenvalue weighted by atomic mass is 32.2. The van der Waals surface area contributed by atoms with Gasteiger partial charge < -0.3 is 5.32 Å². The van der Waals surface area contributed by atoms with E-state index in [1.807, 2.05) is 0 Å². The Hall–Kier alpha value is 0.310. The molecule has 1 nitrogen and oxygen atoms in total. The molecule has 0 spiro atoms. The SMILES string of the molecule is CCCCCCCCCCC(NC)C1CCCS1. The van der Waals surface area contributed by atoms with Crippen molar-refractivity contribution in [3.05, 3.63) is 0 Å². The fourth-order valence-corrected chi connectivity index (χ4v) is 4.41. The van der Waals surface area contributed by atoms with E-state index in [0.717, 1.165) is 11.3 Å². The van der Waals surface area contributed by atoms with Gasteiger partial charge in [0.2, 0.25) is 0 Å². The first kappa shape index (κ1) is 16.4. The lowest BCUT2D eigenvalue weighted by Crippen LogP contribution is -2.34. The van der Waals surface area contributed by atoms with Crippen LogP contribution in [0.4, 0.5) is 0 Å². The first-order chi connectivity index (χ1) is 8.88. The van der Waals surface area contributed by atoms with E-state index in [1.165, 1.54) is 76.4 Å². The van der Waals surface area contributed by atoms with Gasteiger partial charge in [0.25, 0.3) is 0 Å². The summed E-state index contributed by atoms with van der Waals surface area (Å²) in [5.74, 6) is 1.39. The van der Waals surface area contributed by atoms with E-state index in [4.69, 9.17) is 0 Å². The molecule has 1 aliphatic rings. The third kappa shape index (κ3) is 7.04. The van der Waals surface area contributed by atoms with E-state index in [9.17, 15) is 0 Å². The van der Waals surface area contributed by atoms with Crippen LogP contribution in [0.15, 0.2) is 0 Å². The summed E-state index contributed by atoms with van der Waals surface area (Å²) in [5.41, 5.74) is 0. The second-order valence-corrected chi connectivity index (χ2v) is 7.06. The first-order valence-electron chi connectivity index (χ1n) is 8.17. The van der Waals surface area contributed by atoms with Crippen LogP contribution < -0.4 is 5.32 Å². The molecular weight excluding hydrogens is 238 g/mol. The maximum absolute atomic E-state index is 3.54. The van der Waals surface area contributed by atoms with Crippen molar-refractivity contribution in [3.8, 4) is 0 Å². The lowest BCUT2D eigenvalue weighted by atomic mass is 10.0. The Labute approximate surface area is 119 Å². The van der Waals surface area contributed by atoms with Crippen molar-refractivity contribution in [2.75, 3.05) is 12.8 Å². The van der Waals surface area contributed by atoms with Crippen LogP contribution in [0.5, 0.6) is 0 Å². The molecule has 1 N–H and O–H groups in total. The Morgan fingerprint density at radius 3 is 2.28 bits per heavy atom. The van der Waals surface area contributed by atoms with E-state index in [1.54, 1.807) is 0 Å². The fraction of sp³-hybridized carbons (Fsp3) is 1.00. The van der Waals surface area contributed by atoms with E-state index in [2.05, 4.69) is 31.1 Å². The minimum Gasteiger partial charge on any atom is -0.316 e.